The topological polar surface area (TPSA) is 78.5 Å². The monoisotopic (exact) mass is 471 g/mol. The van der Waals surface area contributed by atoms with Gasteiger partial charge >= 0.3 is 0 Å². The van der Waals surface area contributed by atoms with E-state index in [1.807, 2.05) is 62.4 Å². The standard InChI is InChI=1S/C23H26BrN3O3/c1-3-15(2)21(28)26-18-8-4-6-16(12-18)14-25-22(29)20-10-11-27(23(20)30)19-9-5-7-17(24)13-19/h4-9,12-13,15,20H,3,10-11,14H2,1-2H3,(H,25,29)(H,26,28). The van der Waals surface area contributed by atoms with Crippen molar-refractivity contribution in [3.63, 3.8) is 0 Å². The van der Waals surface area contributed by atoms with E-state index in [4.69, 9.17) is 0 Å². The van der Waals surface area contributed by atoms with Crippen LogP contribution in [0.4, 0.5) is 11.4 Å². The van der Waals surface area contributed by atoms with Crippen molar-refractivity contribution < 1.29 is 14.4 Å². The third-order valence-electron chi connectivity index (χ3n) is 5.36. The number of carbonyl (C=O) groups excluding carboxylic acids is 3. The number of rotatable bonds is 7. The second kappa shape index (κ2) is 9.89. The summed E-state index contributed by atoms with van der Waals surface area (Å²) in [4.78, 5) is 39.1. The molecule has 3 amide bonds. The molecule has 158 valence electrons. The summed E-state index contributed by atoms with van der Waals surface area (Å²) >= 11 is 3.41. The van der Waals surface area contributed by atoms with Gasteiger partial charge in [-0.25, -0.2) is 0 Å². The summed E-state index contributed by atoms with van der Waals surface area (Å²) in [6.45, 7) is 4.67. The molecule has 30 heavy (non-hydrogen) atoms. The molecule has 1 aliphatic heterocycles. The van der Waals surface area contributed by atoms with E-state index in [0.29, 0.717) is 25.2 Å². The maximum atomic E-state index is 12.7. The molecule has 1 heterocycles. The summed E-state index contributed by atoms with van der Waals surface area (Å²) in [6, 6.07) is 14.9. The fourth-order valence-corrected chi connectivity index (χ4v) is 3.73. The molecule has 2 aromatic carbocycles. The number of hydrogen-bond acceptors (Lipinski definition) is 3. The van der Waals surface area contributed by atoms with Crippen LogP contribution in [0.5, 0.6) is 0 Å². The summed E-state index contributed by atoms with van der Waals surface area (Å²) in [5.74, 6) is -1.22. The van der Waals surface area contributed by atoms with E-state index in [2.05, 4.69) is 26.6 Å². The lowest BCUT2D eigenvalue weighted by Gasteiger charge is -2.17. The number of halogens is 1. The molecule has 0 bridgehead atoms. The van der Waals surface area contributed by atoms with Crippen molar-refractivity contribution in [3.05, 3.63) is 58.6 Å². The van der Waals surface area contributed by atoms with Gasteiger partial charge in [-0.15, -0.1) is 0 Å². The Kier molecular flexibility index (Phi) is 7.26. The minimum absolute atomic E-state index is 0.0251. The predicted octanol–water partition coefficient (Wildman–Crippen LogP) is 4.10. The van der Waals surface area contributed by atoms with Crippen LogP contribution in [0.2, 0.25) is 0 Å². The number of hydrogen-bond donors (Lipinski definition) is 2. The van der Waals surface area contributed by atoms with Gasteiger partial charge in [-0.05, 0) is 48.7 Å². The molecule has 6 nitrogen and oxygen atoms in total. The quantitative estimate of drug-likeness (QED) is 0.596. The second-order valence-electron chi connectivity index (χ2n) is 7.53. The molecular weight excluding hydrogens is 446 g/mol. The Morgan fingerprint density at radius 3 is 2.70 bits per heavy atom. The lowest BCUT2D eigenvalue weighted by atomic mass is 10.1. The summed E-state index contributed by atoms with van der Waals surface area (Å²) in [5, 5.41) is 5.76. The highest BCUT2D eigenvalue weighted by Crippen LogP contribution is 2.27. The average Bonchev–Trinajstić information content (AvgIpc) is 3.13. The Morgan fingerprint density at radius 2 is 1.97 bits per heavy atom. The average molecular weight is 472 g/mol. The zero-order valence-corrected chi connectivity index (χ0v) is 18.7. The molecule has 0 spiro atoms. The van der Waals surface area contributed by atoms with Crippen molar-refractivity contribution in [2.75, 3.05) is 16.8 Å². The zero-order valence-electron chi connectivity index (χ0n) is 17.2. The first-order valence-electron chi connectivity index (χ1n) is 10.1. The summed E-state index contributed by atoms with van der Waals surface area (Å²) in [7, 11) is 0. The van der Waals surface area contributed by atoms with Crippen LogP contribution in [0, 0.1) is 11.8 Å². The largest absolute Gasteiger partial charge is 0.351 e. The van der Waals surface area contributed by atoms with E-state index in [9.17, 15) is 14.4 Å². The molecule has 1 aliphatic rings. The van der Waals surface area contributed by atoms with Gasteiger partial charge in [-0.1, -0.05) is 48.0 Å². The van der Waals surface area contributed by atoms with E-state index in [-0.39, 0.29) is 23.6 Å². The number of benzene rings is 2. The highest BCUT2D eigenvalue weighted by Gasteiger charge is 2.37. The van der Waals surface area contributed by atoms with E-state index in [0.717, 1.165) is 22.1 Å². The van der Waals surface area contributed by atoms with Crippen molar-refractivity contribution in [1.29, 1.82) is 0 Å². The van der Waals surface area contributed by atoms with Gasteiger partial charge in [-0.3, -0.25) is 14.4 Å². The maximum absolute atomic E-state index is 12.7. The van der Waals surface area contributed by atoms with Gasteiger partial charge in [0.25, 0.3) is 0 Å². The van der Waals surface area contributed by atoms with Crippen molar-refractivity contribution in [2.24, 2.45) is 11.8 Å². The third kappa shape index (κ3) is 5.27. The molecule has 2 atom stereocenters. The van der Waals surface area contributed by atoms with Crippen LogP contribution in [-0.2, 0) is 20.9 Å². The molecule has 3 rings (SSSR count). The number of nitrogens with one attached hydrogen (secondary N) is 2. The Hall–Kier alpha value is -2.67. The van der Waals surface area contributed by atoms with Crippen molar-refractivity contribution in [1.82, 2.24) is 5.32 Å². The van der Waals surface area contributed by atoms with Crippen LogP contribution in [0.1, 0.15) is 32.3 Å². The molecule has 1 saturated heterocycles. The number of anilines is 2. The highest BCUT2D eigenvalue weighted by atomic mass is 79.9. The van der Waals surface area contributed by atoms with Gasteiger partial charge in [0.2, 0.25) is 17.7 Å². The van der Waals surface area contributed by atoms with Gasteiger partial charge in [0.1, 0.15) is 5.92 Å². The van der Waals surface area contributed by atoms with E-state index in [1.54, 1.807) is 4.90 Å². The Bertz CT molecular complexity index is 947. The summed E-state index contributed by atoms with van der Waals surface area (Å²) in [5.41, 5.74) is 2.35. The second-order valence-corrected chi connectivity index (χ2v) is 8.44. The maximum Gasteiger partial charge on any atom is 0.239 e. The SMILES string of the molecule is CCC(C)C(=O)Nc1cccc(CNC(=O)C2CCN(c3cccc(Br)c3)C2=O)c1. The Morgan fingerprint density at radius 1 is 1.20 bits per heavy atom. The summed E-state index contributed by atoms with van der Waals surface area (Å²) < 4.78 is 0.890. The molecule has 0 aliphatic carbocycles. The minimum atomic E-state index is -0.683. The van der Waals surface area contributed by atoms with E-state index in [1.165, 1.54) is 0 Å². The number of carbonyl (C=O) groups is 3. The molecule has 1 fully saturated rings. The lowest BCUT2D eigenvalue weighted by molar-refractivity contribution is -0.132. The third-order valence-corrected chi connectivity index (χ3v) is 5.86. The highest BCUT2D eigenvalue weighted by molar-refractivity contribution is 9.10. The van der Waals surface area contributed by atoms with Crippen molar-refractivity contribution in [3.8, 4) is 0 Å². The van der Waals surface area contributed by atoms with Gasteiger partial charge in [0.15, 0.2) is 0 Å². The molecule has 0 radical (unpaired) electrons. The van der Waals surface area contributed by atoms with Gasteiger partial charge in [-0.2, -0.15) is 0 Å². The predicted molar refractivity (Wildman–Crippen MR) is 121 cm³/mol. The first-order chi connectivity index (χ1) is 14.4. The Labute approximate surface area is 185 Å². The van der Waals surface area contributed by atoms with Crippen LogP contribution < -0.4 is 15.5 Å². The first-order valence-corrected chi connectivity index (χ1v) is 10.9. The van der Waals surface area contributed by atoms with Gasteiger partial charge < -0.3 is 15.5 Å². The smallest absolute Gasteiger partial charge is 0.239 e. The molecular formula is C23H26BrN3O3. The van der Waals surface area contributed by atoms with Gasteiger partial charge in [0.05, 0.1) is 0 Å². The van der Waals surface area contributed by atoms with Crippen LogP contribution in [-0.4, -0.2) is 24.3 Å². The first kappa shape index (κ1) is 22.0. The van der Waals surface area contributed by atoms with Crippen molar-refractivity contribution in [2.45, 2.75) is 33.2 Å². The van der Waals surface area contributed by atoms with Crippen LogP contribution in [0.25, 0.3) is 0 Å². The normalized spacial score (nSPS) is 17.0. The molecule has 2 aromatic rings. The lowest BCUT2D eigenvalue weighted by Crippen LogP contribution is -2.36. The van der Waals surface area contributed by atoms with Crippen molar-refractivity contribution >= 4 is 45.0 Å². The Balaban J connectivity index is 1.58. The van der Waals surface area contributed by atoms with Gasteiger partial charge in [0, 0.05) is 34.9 Å². The zero-order chi connectivity index (χ0) is 21.7. The summed E-state index contributed by atoms with van der Waals surface area (Å²) in [6.07, 6.45) is 1.26. The van der Waals surface area contributed by atoms with Crippen LogP contribution in [0.3, 0.4) is 0 Å². The molecule has 2 unspecified atom stereocenters. The van der Waals surface area contributed by atoms with E-state index >= 15 is 0 Å². The minimum Gasteiger partial charge on any atom is -0.351 e. The number of nitrogens with zero attached hydrogens (tertiary/aromatic N) is 1. The molecule has 7 heteroatoms. The molecule has 0 aromatic heterocycles. The molecule has 2 N–H and O–H groups in total. The van der Waals surface area contributed by atoms with E-state index < -0.39 is 5.92 Å². The fourth-order valence-electron chi connectivity index (χ4n) is 3.35. The molecule has 0 saturated carbocycles. The number of amides is 3. The fraction of sp³-hybridized carbons (Fsp3) is 0.348. The van der Waals surface area contributed by atoms with Crippen LogP contribution >= 0.6 is 15.9 Å². The van der Waals surface area contributed by atoms with Crippen LogP contribution in [0.15, 0.2) is 53.0 Å².